The van der Waals surface area contributed by atoms with Crippen LogP contribution in [-0.2, 0) is 9.59 Å². The van der Waals surface area contributed by atoms with Crippen molar-refractivity contribution >= 4 is 34.7 Å². The Balaban J connectivity index is 1.91. The van der Waals surface area contributed by atoms with Gasteiger partial charge < -0.3 is 14.6 Å². The summed E-state index contributed by atoms with van der Waals surface area (Å²) in [7, 11) is 1.49. The van der Waals surface area contributed by atoms with Gasteiger partial charge in [0.1, 0.15) is 17.3 Å². The van der Waals surface area contributed by atoms with Crippen molar-refractivity contribution in [2.24, 2.45) is 0 Å². The quantitative estimate of drug-likeness (QED) is 0.225. The van der Waals surface area contributed by atoms with Crippen LogP contribution in [0.15, 0.2) is 72.3 Å². The zero-order valence-corrected chi connectivity index (χ0v) is 21.4. The van der Waals surface area contributed by atoms with Gasteiger partial charge in [0.05, 0.1) is 30.4 Å². The molecule has 4 rings (SSSR count). The number of amides is 1. The number of nitrogens with zero attached hydrogens (tertiary/aromatic N) is 1. The van der Waals surface area contributed by atoms with Crippen LogP contribution in [0.5, 0.6) is 11.5 Å². The van der Waals surface area contributed by atoms with Crippen LogP contribution < -0.4 is 14.4 Å². The van der Waals surface area contributed by atoms with Gasteiger partial charge in [-0.15, -0.1) is 0 Å². The molecule has 1 aliphatic rings. The van der Waals surface area contributed by atoms with Crippen molar-refractivity contribution in [1.29, 1.82) is 0 Å². The average molecular weight is 506 g/mol. The summed E-state index contributed by atoms with van der Waals surface area (Å²) in [6.45, 7) is 6.56. The number of halogens is 1. The fraction of sp³-hybridized carbons (Fsp3) is 0.241. The largest absolute Gasteiger partial charge is 0.507 e. The summed E-state index contributed by atoms with van der Waals surface area (Å²) in [5, 5.41) is 11.6. The first-order chi connectivity index (χ1) is 17.3. The third-order valence-electron chi connectivity index (χ3n) is 6.22. The molecule has 3 aromatic rings. The van der Waals surface area contributed by atoms with E-state index in [4.69, 9.17) is 21.1 Å². The molecule has 0 radical (unpaired) electrons. The first kappa shape index (κ1) is 25.3. The number of hydrogen-bond acceptors (Lipinski definition) is 5. The molecule has 1 N–H and O–H groups in total. The molecule has 1 fully saturated rings. The molecule has 0 saturated carbocycles. The van der Waals surface area contributed by atoms with E-state index in [0.717, 1.165) is 5.56 Å². The molecular formula is C29H28ClNO5. The lowest BCUT2D eigenvalue weighted by Crippen LogP contribution is -2.29. The summed E-state index contributed by atoms with van der Waals surface area (Å²) in [6, 6.07) is 18.5. The highest BCUT2D eigenvalue weighted by molar-refractivity contribution is 6.52. The summed E-state index contributed by atoms with van der Waals surface area (Å²) in [5.41, 5.74) is 2.46. The smallest absolute Gasteiger partial charge is 0.300 e. The number of aliphatic hydroxyl groups is 1. The van der Waals surface area contributed by atoms with Crippen LogP contribution >= 0.6 is 11.6 Å². The Kier molecular flexibility index (Phi) is 7.36. The van der Waals surface area contributed by atoms with Gasteiger partial charge in [0.2, 0.25) is 0 Å². The molecule has 0 bridgehead atoms. The molecule has 1 heterocycles. The molecule has 186 valence electrons. The second kappa shape index (κ2) is 10.5. The maximum absolute atomic E-state index is 13.4. The van der Waals surface area contributed by atoms with Gasteiger partial charge in [-0.25, -0.2) is 0 Å². The van der Waals surface area contributed by atoms with E-state index in [9.17, 15) is 14.7 Å². The Morgan fingerprint density at radius 2 is 1.64 bits per heavy atom. The minimum atomic E-state index is -0.868. The first-order valence-electron chi connectivity index (χ1n) is 11.7. The zero-order chi connectivity index (χ0) is 26.0. The Bertz CT molecular complexity index is 1310. The van der Waals surface area contributed by atoms with Crippen molar-refractivity contribution in [3.05, 3.63) is 94.0 Å². The Morgan fingerprint density at radius 1 is 1.00 bits per heavy atom. The van der Waals surface area contributed by atoms with Crippen molar-refractivity contribution in [1.82, 2.24) is 0 Å². The SMILES string of the molecule is CCOc1ccc(C2/C(=C(\O)c3cc(OC)ccc3Cl)C(=O)C(=O)N2c2ccc(C(C)C)cc2)cc1. The van der Waals surface area contributed by atoms with Crippen LogP contribution in [0, 0.1) is 0 Å². The van der Waals surface area contributed by atoms with Gasteiger partial charge in [-0.3, -0.25) is 14.5 Å². The van der Waals surface area contributed by atoms with Gasteiger partial charge in [-0.1, -0.05) is 49.7 Å². The molecule has 1 unspecified atom stereocenters. The average Bonchev–Trinajstić information content (AvgIpc) is 3.15. The molecule has 0 aliphatic carbocycles. The number of aliphatic hydroxyl groups excluding tert-OH is 1. The number of ketones is 1. The Hall–Kier alpha value is -3.77. The second-order valence-corrected chi connectivity index (χ2v) is 9.17. The molecule has 0 spiro atoms. The van der Waals surface area contributed by atoms with Gasteiger partial charge in [0.15, 0.2) is 0 Å². The predicted octanol–water partition coefficient (Wildman–Crippen LogP) is 6.50. The minimum Gasteiger partial charge on any atom is -0.507 e. The number of rotatable bonds is 7. The van der Waals surface area contributed by atoms with Crippen LogP contribution in [-0.4, -0.2) is 30.5 Å². The molecule has 36 heavy (non-hydrogen) atoms. The topological polar surface area (TPSA) is 76.1 Å². The zero-order valence-electron chi connectivity index (χ0n) is 20.6. The number of benzene rings is 3. The lowest BCUT2D eigenvalue weighted by Gasteiger charge is -2.26. The van der Waals surface area contributed by atoms with Gasteiger partial charge >= 0.3 is 0 Å². The van der Waals surface area contributed by atoms with E-state index in [1.807, 2.05) is 31.2 Å². The lowest BCUT2D eigenvalue weighted by molar-refractivity contribution is -0.132. The number of carbonyl (C=O) groups excluding carboxylic acids is 2. The molecule has 1 saturated heterocycles. The van der Waals surface area contributed by atoms with Crippen molar-refractivity contribution in [3.63, 3.8) is 0 Å². The lowest BCUT2D eigenvalue weighted by atomic mass is 9.94. The number of anilines is 1. The van der Waals surface area contributed by atoms with E-state index in [0.29, 0.717) is 35.3 Å². The molecule has 1 amide bonds. The highest BCUT2D eigenvalue weighted by atomic mass is 35.5. The first-order valence-corrected chi connectivity index (χ1v) is 12.1. The van der Waals surface area contributed by atoms with E-state index >= 15 is 0 Å². The molecule has 3 aromatic carbocycles. The number of carbonyl (C=O) groups is 2. The van der Waals surface area contributed by atoms with Crippen molar-refractivity contribution in [2.75, 3.05) is 18.6 Å². The van der Waals surface area contributed by atoms with Crippen LogP contribution in [0.25, 0.3) is 5.76 Å². The van der Waals surface area contributed by atoms with Gasteiger partial charge in [-0.2, -0.15) is 0 Å². The second-order valence-electron chi connectivity index (χ2n) is 8.76. The van der Waals surface area contributed by atoms with Crippen molar-refractivity contribution in [2.45, 2.75) is 32.7 Å². The van der Waals surface area contributed by atoms with Crippen molar-refractivity contribution in [3.8, 4) is 11.5 Å². The number of hydrogen-bond donors (Lipinski definition) is 1. The number of Topliss-reactive ketones (excluding diaryl/α,β-unsaturated/α-hetero) is 1. The van der Waals surface area contributed by atoms with Gasteiger partial charge in [0, 0.05) is 11.3 Å². The standard InChI is InChI=1S/C29H28ClNO5/c1-5-36-21-12-8-19(9-13-21)26-25(27(32)23-16-22(35-4)14-15-24(23)30)28(33)29(34)31(26)20-10-6-18(7-11-20)17(2)3/h6-17,26,32H,5H2,1-4H3/b27-25+. The normalized spacial score (nSPS) is 17.1. The van der Waals surface area contributed by atoms with E-state index in [1.54, 1.807) is 36.4 Å². The highest BCUT2D eigenvalue weighted by Gasteiger charge is 2.47. The van der Waals surface area contributed by atoms with Crippen LogP contribution in [0.1, 0.15) is 49.4 Å². The monoisotopic (exact) mass is 505 g/mol. The minimum absolute atomic E-state index is 0.0488. The third-order valence-corrected chi connectivity index (χ3v) is 6.55. The molecule has 6 nitrogen and oxygen atoms in total. The summed E-state index contributed by atoms with van der Waals surface area (Å²) in [6.07, 6.45) is 0. The highest BCUT2D eigenvalue weighted by Crippen LogP contribution is 2.43. The number of ether oxygens (including phenoxy) is 2. The summed E-state index contributed by atoms with van der Waals surface area (Å²) in [5.74, 6) is -0.457. The van der Waals surface area contributed by atoms with E-state index in [1.165, 1.54) is 18.1 Å². The summed E-state index contributed by atoms with van der Waals surface area (Å²) < 4.78 is 10.8. The number of methoxy groups -OCH3 is 1. The van der Waals surface area contributed by atoms with Crippen LogP contribution in [0.2, 0.25) is 5.02 Å². The Morgan fingerprint density at radius 3 is 2.22 bits per heavy atom. The molecular weight excluding hydrogens is 478 g/mol. The van der Waals surface area contributed by atoms with Gasteiger partial charge in [0.25, 0.3) is 11.7 Å². The summed E-state index contributed by atoms with van der Waals surface area (Å²) >= 11 is 6.38. The molecule has 1 atom stereocenters. The fourth-order valence-electron chi connectivity index (χ4n) is 4.30. The molecule has 0 aromatic heterocycles. The van der Waals surface area contributed by atoms with E-state index in [2.05, 4.69) is 13.8 Å². The maximum atomic E-state index is 13.4. The maximum Gasteiger partial charge on any atom is 0.300 e. The third kappa shape index (κ3) is 4.69. The summed E-state index contributed by atoms with van der Waals surface area (Å²) in [4.78, 5) is 28.2. The molecule has 7 heteroatoms. The fourth-order valence-corrected chi connectivity index (χ4v) is 4.51. The predicted molar refractivity (Wildman–Crippen MR) is 141 cm³/mol. The Labute approximate surface area is 215 Å². The van der Waals surface area contributed by atoms with Crippen molar-refractivity contribution < 1.29 is 24.2 Å². The van der Waals surface area contributed by atoms with E-state index in [-0.39, 0.29) is 21.9 Å². The van der Waals surface area contributed by atoms with E-state index < -0.39 is 17.7 Å². The van der Waals surface area contributed by atoms with Crippen LogP contribution in [0.3, 0.4) is 0 Å². The molecule has 1 aliphatic heterocycles. The van der Waals surface area contributed by atoms with Crippen LogP contribution in [0.4, 0.5) is 5.69 Å². The van der Waals surface area contributed by atoms with Gasteiger partial charge in [-0.05, 0) is 66.4 Å².